The molecule has 212 valence electrons. The molecule has 2 heterocycles. The molecule has 2 aliphatic rings. The summed E-state index contributed by atoms with van der Waals surface area (Å²) in [6, 6.07) is 25.8. The Morgan fingerprint density at radius 1 is 0.975 bits per heavy atom. The number of benzene rings is 3. The number of fused-ring (bicyclic) bond motifs is 1. The molecule has 5 nitrogen and oxygen atoms in total. The first-order chi connectivity index (χ1) is 19.0. The number of carbonyl (C=O) groups excluding carboxylic acids is 2. The molecule has 0 spiro atoms. The molecule has 1 unspecified atom stereocenters. The summed E-state index contributed by atoms with van der Waals surface area (Å²) in [5.74, 6) is 1.36. The fourth-order valence-corrected chi connectivity index (χ4v) is 7.96. The second kappa shape index (κ2) is 13.9. The highest BCUT2D eigenvalue weighted by Crippen LogP contribution is 2.55. The zero-order valence-corrected chi connectivity index (χ0v) is 25.5. The molecule has 3 aromatic carbocycles. The van der Waals surface area contributed by atoms with Crippen molar-refractivity contribution in [2.24, 2.45) is 5.92 Å². The van der Waals surface area contributed by atoms with Gasteiger partial charge in [-0.15, -0.1) is 24.2 Å². The molecule has 0 aromatic heterocycles. The molecule has 1 fully saturated rings. The Hall–Kier alpha value is -2.45. The molecular formula is C32H37ClN2O3S2. The van der Waals surface area contributed by atoms with E-state index in [0.717, 1.165) is 72.8 Å². The van der Waals surface area contributed by atoms with Crippen LogP contribution in [0.1, 0.15) is 41.6 Å². The molecule has 0 saturated carbocycles. The van der Waals surface area contributed by atoms with Crippen LogP contribution in [0.2, 0.25) is 0 Å². The van der Waals surface area contributed by atoms with E-state index in [4.69, 9.17) is 4.74 Å². The Morgan fingerprint density at radius 2 is 1.65 bits per heavy atom. The minimum atomic E-state index is -0.708. The van der Waals surface area contributed by atoms with E-state index >= 15 is 0 Å². The van der Waals surface area contributed by atoms with Crippen LogP contribution in [0.15, 0.2) is 83.8 Å². The summed E-state index contributed by atoms with van der Waals surface area (Å²) in [6.45, 7) is 3.68. The number of carbonyl (C=O) groups is 2. The van der Waals surface area contributed by atoms with Crippen molar-refractivity contribution in [2.75, 3.05) is 44.4 Å². The van der Waals surface area contributed by atoms with Gasteiger partial charge in [-0.3, -0.25) is 9.59 Å². The summed E-state index contributed by atoms with van der Waals surface area (Å²) < 4.78 is 5.33. The third-order valence-electron chi connectivity index (χ3n) is 7.74. The Kier molecular flexibility index (Phi) is 10.6. The van der Waals surface area contributed by atoms with Crippen LogP contribution in [0.25, 0.3) is 0 Å². The fourth-order valence-electron chi connectivity index (χ4n) is 5.43. The number of amides is 1. The molecule has 0 N–H and O–H groups in total. The highest BCUT2D eigenvalue weighted by molar-refractivity contribution is 8.18. The van der Waals surface area contributed by atoms with E-state index in [-0.39, 0.29) is 24.2 Å². The minimum Gasteiger partial charge on any atom is -0.494 e. The maximum Gasteiger partial charge on any atom is 0.258 e. The largest absolute Gasteiger partial charge is 0.494 e. The smallest absolute Gasteiger partial charge is 0.258 e. The van der Waals surface area contributed by atoms with E-state index in [9.17, 15) is 9.59 Å². The van der Waals surface area contributed by atoms with Gasteiger partial charge in [0.15, 0.2) is 9.86 Å². The zero-order valence-electron chi connectivity index (χ0n) is 23.1. The number of Topliss-reactive ketones (excluding diaryl/α,β-unsaturated/α-hetero) is 1. The number of rotatable bonds is 10. The highest BCUT2D eigenvalue weighted by Gasteiger charge is 2.47. The standard InChI is InChI=1S/C32H36N2O3S2.ClH/c1-33-28-12-6-7-13-29(28)39-32(38-2,31(33)36)26-14-16-27(17-15-26)37-23-9-8-20-34-21-18-25(19-22-34)30(35)24-10-4-3-5-11-24;/h3-7,10-17,25H,8-9,18-23H2,1-2H3;1H. The third-order valence-corrected chi connectivity index (χ3v) is 10.7. The van der Waals surface area contributed by atoms with E-state index in [1.807, 2.05) is 86.1 Å². The third kappa shape index (κ3) is 6.54. The van der Waals surface area contributed by atoms with Gasteiger partial charge in [0.25, 0.3) is 5.91 Å². The van der Waals surface area contributed by atoms with E-state index in [0.29, 0.717) is 12.4 Å². The molecule has 1 saturated heterocycles. The summed E-state index contributed by atoms with van der Waals surface area (Å²) >= 11 is 3.19. The van der Waals surface area contributed by atoms with Gasteiger partial charge in [-0.1, -0.05) is 66.4 Å². The summed E-state index contributed by atoms with van der Waals surface area (Å²) in [6.07, 6.45) is 5.93. The number of ketones is 1. The van der Waals surface area contributed by atoms with Gasteiger partial charge in [0.05, 0.1) is 12.3 Å². The number of anilines is 1. The van der Waals surface area contributed by atoms with Gasteiger partial charge in [0, 0.05) is 23.4 Å². The zero-order chi connectivity index (χ0) is 27.2. The summed E-state index contributed by atoms with van der Waals surface area (Å²) in [7, 11) is 1.86. The van der Waals surface area contributed by atoms with Crippen molar-refractivity contribution in [2.45, 2.75) is 34.7 Å². The number of halogens is 1. The number of ether oxygens (including phenoxy) is 1. The Bertz CT molecular complexity index is 1280. The van der Waals surface area contributed by atoms with Crippen LogP contribution in [0.5, 0.6) is 5.75 Å². The van der Waals surface area contributed by atoms with Crippen molar-refractivity contribution in [1.82, 2.24) is 4.90 Å². The lowest BCUT2D eigenvalue weighted by Crippen LogP contribution is -2.44. The van der Waals surface area contributed by atoms with Crippen molar-refractivity contribution in [1.29, 1.82) is 0 Å². The molecule has 0 bridgehead atoms. The lowest BCUT2D eigenvalue weighted by Gasteiger charge is -2.39. The van der Waals surface area contributed by atoms with Crippen LogP contribution in [-0.2, 0) is 8.87 Å². The lowest BCUT2D eigenvalue weighted by atomic mass is 9.89. The summed E-state index contributed by atoms with van der Waals surface area (Å²) in [5.41, 5.74) is 2.78. The van der Waals surface area contributed by atoms with Crippen molar-refractivity contribution >= 4 is 53.3 Å². The first-order valence-electron chi connectivity index (χ1n) is 13.7. The summed E-state index contributed by atoms with van der Waals surface area (Å²) in [4.78, 5) is 31.5. The highest BCUT2D eigenvalue weighted by atomic mass is 35.5. The minimum absolute atomic E-state index is 0. The van der Waals surface area contributed by atoms with Crippen LogP contribution >= 0.6 is 35.9 Å². The van der Waals surface area contributed by atoms with E-state index in [2.05, 4.69) is 11.0 Å². The van der Waals surface area contributed by atoms with E-state index < -0.39 is 4.08 Å². The monoisotopic (exact) mass is 596 g/mol. The maximum atomic E-state index is 13.4. The van der Waals surface area contributed by atoms with Crippen LogP contribution in [0, 0.1) is 5.92 Å². The van der Waals surface area contributed by atoms with Gasteiger partial charge in [0.2, 0.25) is 0 Å². The summed E-state index contributed by atoms with van der Waals surface area (Å²) in [5, 5.41) is 0. The molecule has 2 aliphatic heterocycles. The Morgan fingerprint density at radius 3 is 2.35 bits per heavy atom. The Labute approximate surface area is 252 Å². The second-order valence-corrected chi connectivity index (χ2v) is 12.7. The van der Waals surface area contributed by atoms with Crippen LogP contribution < -0.4 is 9.64 Å². The number of likely N-dealkylation sites (tertiary alicyclic amines) is 1. The number of nitrogens with zero attached hydrogens (tertiary/aromatic N) is 2. The molecule has 5 rings (SSSR count). The number of para-hydroxylation sites is 1. The first-order valence-corrected chi connectivity index (χ1v) is 15.7. The maximum absolute atomic E-state index is 13.4. The van der Waals surface area contributed by atoms with Crippen LogP contribution in [-0.4, -0.2) is 56.1 Å². The van der Waals surface area contributed by atoms with Crippen molar-refractivity contribution in [3.05, 3.63) is 90.0 Å². The van der Waals surface area contributed by atoms with Gasteiger partial charge >= 0.3 is 0 Å². The van der Waals surface area contributed by atoms with Gasteiger partial charge in [0.1, 0.15) is 5.75 Å². The predicted octanol–water partition coefficient (Wildman–Crippen LogP) is 7.15. The van der Waals surface area contributed by atoms with Crippen LogP contribution in [0.3, 0.4) is 0 Å². The molecule has 8 heteroatoms. The van der Waals surface area contributed by atoms with E-state index in [1.165, 1.54) is 0 Å². The van der Waals surface area contributed by atoms with Gasteiger partial charge in [-0.2, -0.15) is 0 Å². The average molecular weight is 597 g/mol. The SMILES string of the molecule is CSC1(c2ccc(OCCCCN3CCC(C(=O)c4ccccc4)CC3)cc2)Sc2ccccc2N(C)C1=O.Cl. The number of piperidine rings is 1. The fraction of sp³-hybridized carbons (Fsp3) is 0.375. The normalized spacial score (nSPS) is 19.6. The molecule has 40 heavy (non-hydrogen) atoms. The molecule has 0 aliphatic carbocycles. The van der Waals surface area contributed by atoms with Crippen LogP contribution in [0.4, 0.5) is 5.69 Å². The quantitative estimate of drug-likeness (QED) is 0.183. The van der Waals surface area contributed by atoms with Crippen molar-refractivity contribution < 1.29 is 14.3 Å². The number of unbranched alkanes of at least 4 members (excludes halogenated alkanes) is 1. The van der Waals surface area contributed by atoms with Gasteiger partial charge in [-0.05, 0) is 81.4 Å². The topological polar surface area (TPSA) is 49.9 Å². The van der Waals surface area contributed by atoms with Crippen molar-refractivity contribution in [3.8, 4) is 5.75 Å². The second-order valence-electron chi connectivity index (χ2n) is 10.2. The first kappa shape index (κ1) is 30.5. The number of likely N-dealkylation sites (N-methyl/N-ethyl adjacent to an activating group) is 1. The Balaban J connectivity index is 0.00000370. The number of hydrogen-bond donors (Lipinski definition) is 0. The van der Waals surface area contributed by atoms with Gasteiger partial charge < -0.3 is 14.5 Å². The molecule has 1 atom stereocenters. The average Bonchev–Trinajstić information content (AvgIpc) is 2.99. The molecule has 3 aromatic rings. The van der Waals surface area contributed by atoms with E-state index in [1.54, 1.807) is 28.4 Å². The number of hydrogen-bond acceptors (Lipinski definition) is 6. The molecule has 1 amide bonds. The van der Waals surface area contributed by atoms with Gasteiger partial charge in [-0.25, -0.2) is 0 Å². The number of thioether (sulfide) groups is 2. The molecular weight excluding hydrogens is 560 g/mol. The molecule has 0 radical (unpaired) electrons. The lowest BCUT2D eigenvalue weighted by molar-refractivity contribution is -0.118. The van der Waals surface area contributed by atoms with Crippen molar-refractivity contribution in [3.63, 3.8) is 0 Å². The predicted molar refractivity (Wildman–Crippen MR) is 169 cm³/mol.